The van der Waals surface area contributed by atoms with Crippen molar-refractivity contribution in [2.45, 2.75) is 31.9 Å². The summed E-state index contributed by atoms with van der Waals surface area (Å²) in [6.45, 7) is 2.75. The van der Waals surface area contributed by atoms with Crippen molar-refractivity contribution in [3.05, 3.63) is 28.2 Å². The van der Waals surface area contributed by atoms with Crippen LogP contribution in [0.1, 0.15) is 30.1 Å². The van der Waals surface area contributed by atoms with Gasteiger partial charge >= 0.3 is 0 Å². The Labute approximate surface area is 115 Å². The highest BCUT2D eigenvalue weighted by Crippen LogP contribution is 2.21. The van der Waals surface area contributed by atoms with E-state index in [1.807, 2.05) is 6.92 Å². The van der Waals surface area contributed by atoms with Crippen molar-refractivity contribution in [3.63, 3.8) is 0 Å². The monoisotopic (exact) mass is 312 g/mol. The van der Waals surface area contributed by atoms with Gasteiger partial charge in [0.25, 0.3) is 5.91 Å². The first-order valence-corrected chi connectivity index (χ1v) is 6.84. The van der Waals surface area contributed by atoms with Crippen molar-refractivity contribution >= 4 is 27.5 Å². The van der Waals surface area contributed by atoms with E-state index in [0.29, 0.717) is 11.3 Å². The average Bonchev–Trinajstić information content (AvgIpc) is 2.85. The maximum Gasteiger partial charge on any atom is 0.252 e. The molecule has 4 nitrogen and oxygen atoms in total. The number of rotatable bonds is 3. The lowest BCUT2D eigenvalue weighted by atomic mass is 10.1. The molecule has 2 rings (SSSR count). The molecule has 0 aromatic heterocycles. The molecule has 0 bridgehead atoms. The Morgan fingerprint density at radius 1 is 1.61 bits per heavy atom. The minimum Gasteiger partial charge on any atom is -0.399 e. The SMILES string of the molecule is CC(NC(=O)c1cc(N)ccc1Br)C1CCCO1. The molecule has 1 aromatic carbocycles. The Morgan fingerprint density at radius 3 is 3.06 bits per heavy atom. The van der Waals surface area contributed by atoms with Gasteiger partial charge in [0.15, 0.2) is 0 Å². The molecule has 18 heavy (non-hydrogen) atoms. The lowest BCUT2D eigenvalue weighted by Crippen LogP contribution is -2.40. The van der Waals surface area contributed by atoms with Crippen LogP contribution in [0.25, 0.3) is 0 Å². The predicted molar refractivity (Wildman–Crippen MR) is 74.5 cm³/mol. The molecule has 1 aromatic rings. The number of benzene rings is 1. The lowest BCUT2D eigenvalue weighted by Gasteiger charge is -2.20. The van der Waals surface area contributed by atoms with Crippen LogP contribution in [0.2, 0.25) is 0 Å². The molecule has 1 heterocycles. The first-order chi connectivity index (χ1) is 8.58. The molecule has 3 N–H and O–H groups in total. The predicted octanol–water partition coefficient (Wildman–Crippen LogP) is 2.33. The lowest BCUT2D eigenvalue weighted by molar-refractivity contribution is 0.0712. The van der Waals surface area contributed by atoms with Crippen LogP contribution in [-0.2, 0) is 4.74 Å². The zero-order chi connectivity index (χ0) is 13.1. The topological polar surface area (TPSA) is 64.4 Å². The quantitative estimate of drug-likeness (QED) is 0.842. The minimum absolute atomic E-state index is 0.00771. The summed E-state index contributed by atoms with van der Waals surface area (Å²) in [5.41, 5.74) is 6.83. The van der Waals surface area contributed by atoms with Crippen molar-refractivity contribution < 1.29 is 9.53 Å². The third kappa shape index (κ3) is 3.03. The second-order valence-electron chi connectivity index (χ2n) is 4.55. The van der Waals surface area contributed by atoms with Crippen molar-refractivity contribution in [2.75, 3.05) is 12.3 Å². The van der Waals surface area contributed by atoms with Crippen LogP contribution in [0.5, 0.6) is 0 Å². The van der Waals surface area contributed by atoms with E-state index < -0.39 is 0 Å². The molecule has 5 heteroatoms. The number of anilines is 1. The van der Waals surface area contributed by atoms with Crippen LogP contribution in [0.3, 0.4) is 0 Å². The van der Waals surface area contributed by atoms with Crippen LogP contribution >= 0.6 is 15.9 Å². The van der Waals surface area contributed by atoms with Gasteiger partial charge < -0.3 is 15.8 Å². The van der Waals surface area contributed by atoms with Crippen LogP contribution in [0.15, 0.2) is 22.7 Å². The maximum atomic E-state index is 12.1. The van der Waals surface area contributed by atoms with Gasteiger partial charge in [0.1, 0.15) is 0 Å². The van der Waals surface area contributed by atoms with E-state index in [9.17, 15) is 4.79 Å². The Bertz CT molecular complexity index is 445. The first-order valence-electron chi connectivity index (χ1n) is 6.05. The Balaban J connectivity index is 2.04. The summed E-state index contributed by atoms with van der Waals surface area (Å²) in [5.74, 6) is -0.128. The molecule has 98 valence electrons. The highest BCUT2D eigenvalue weighted by atomic mass is 79.9. The number of carbonyl (C=O) groups excluding carboxylic acids is 1. The van der Waals surface area contributed by atoms with Gasteiger partial charge in [-0.3, -0.25) is 4.79 Å². The Morgan fingerprint density at radius 2 is 2.39 bits per heavy atom. The summed E-state index contributed by atoms with van der Waals surface area (Å²) < 4.78 is 6.30. The smallest absolute Gasteiger partial charge is 0.252 e. The van der Waals surface area contributed by atoms with Gasteiger partial charge in [-0.15, -0.1) is 0 Å². The molecule has 0 spiro atoms. The number of hydrogen-bond acceptors (Lipinski definition) is 3. The minimum atomic E-state index is -0.128. The van der Waals surface area contributed by atoms with Crippen LogP contribution in [-0.4, -0.2) is 24.7 Å². The fraction of sp³-hybridized carbons (Fsp3) is 0.462. The molecule has 2 atom stereocenters. The van der Waals surface area contributed by atoms with Gasteiger partial charge in [-0.1, -0.05) is 0 Å². The van der Waals surface area contributed by atoms with E-state index in [1.165, 1.54) is 0 Å². The summed E-state index contributed by atoms with van der Waals surface area (Å²) in [5, 5.41) is 2.96. The van der Waals surface area contributed by atoms with Gasteiger partial charge in [0.2, 0.25) is 0 Å². The molecular formula is C13H17BrN2O2. The van der Waals surface area contributed by atoms with E-state index in [4.69, 9.17) is 10.5 Å². The third-order valence-corrected chi connectivity index (χ3v) is 3.81. The number of nitrogens with one attached hydrogen (secondary N) is 1. The standard InChI is InChI=1S/C13H17BrN2O2/c1-8(12-3-2-6-18-12)16-13(17)10-7-9(15)4-5-11(10)14/h4-5,7-8,12H,2-3,6,15H2,1H3,(H,16,17). The van der Waals surface area contributed by atoms with E-state index in [2.05, 4.69) is 21.2 Å². The fourth-order valence-electron chi connectivity index (χ4n) is 2.09. The molecule has 2 unspecified atom stereocenters. The largest absolute Gasteiger partial charge is 0.399 e. The van der Waals surface area contributed by atoms with Crippen LogP contribution < -0.4 is 11.1 Å². The second-order valence-corrected chi connectivity index (χ2v) is 5.41. The van der Waals surface area contributed by atoms with E-state index in [0.717, 1.165) is 23.9 Å². The highest BCUT2D eigenvalue weighted by molar-refractivity contribution is 9.10. The molecule has 0 aliphatic carbocycles. The molecule has 1 fully saturated rings. The summed E-state index contributed by atoms with van der Waals surface area (Å²) in [4.78, 5) is 12.1. The van der Waals surface area contributed by atoms with Crippen LogP contribution in [0, 0.1) is 0 Å². The molecular weight excluding hydrogens is 296 g/mol. The second kappa shape index (κ2) is 5.71. The van der Waals surface area contributed by atoms with Crippen molar-refractivity contribution in [3.8, 4) is 0 Å². The molecule has 1 amide bonds. The van der Waals surface area contributed by atoms with Crippen LogP contribution in [0.4, 0.5) is 5.69 Å². The van der Waals surface area contributed by atoms with E-state index >= 15 is 0 Å². The summed E-state index contributed by atoms with van der Waals surface area (Å²) in [7, 11) is 0. The number of nitrogens with two attached hydrogens (primary N) is 1. The molecule has 1 aliphatic rings. The molecule has 1 saturated heterocycles. The highest BCUT2D eigenvalue weighted by Gasteiger charge is 2.24. The zero-order valence-electron chi connectivity index (χ0n) is 10.3. The maximum absolute atomic E-state index is 12.1. The van der Waals surface area contributed by atoms with E-state index in [1.54, 1.807) is 18.2 Å². The molecule has 1 aliphatic heterocycles. The van der Waals surface area contributed by atoms with Gasteiger partial charge in [-0.2, -0.15) is 0 Å². The summed E-state index contributed by atoms with van der Waals surface area (Å²) in [6.07, 6.45) is 2.18. The Kier molecular flexibility index (Phi) is 4.24. The number of nitrogen functional groups attached to an aromatic ring is 1. The first kappa shape index (κ1) is 13.4. The van der Waals surface area contributed by atoms with Gasteiger partial charge in [-0.25, -0.2) is 0 Å². The van der Waals surface area contributed by atoms with Gasteiger partial charge in [0, 0.05) is 16.8 Å². The molecule has 0 radical (unpaired) electrons. The number of ether oxygens (including phenoxy) is 1. The molecule has 0 saturated carbocycles. The number of amides is 1. The number of halogens is 1. The average molecular weight is 313 g/mol. The summed E-state index contributed by atoms with van der Waals surface area (Å²) in [6, 6.07) is 5.21. The Hall–Kier alpha value is -1.07. The fourth-order valence-corrected chi connectivity index (χ4v) is 2.52. The third-order valence-electron chi connectivity index (χ3n) is 3.12. The normalized spacial score (nSPS) is 20.7. The number of carbonyl (C=O) groups is 1. The summed E-state index contributed by atoms with van der Waals surface area (Å²) >= 11 is 3.36. The number of hydrogen-bond donors (Lipinski definition) is 2. The van der Waals surface area contributed by atoms with Crippen molar-refractivity contribution in [2.24, 2.45) is 0 Å². The van der Waals surface area contributed by atoms with Gasteiger partial charge in [-0.05, 0) is 53.9 Å². The van der Waals surface area contributed by atoms with Crippen molar-refractivity contribution in [1.29, 1.82) is 0 Å². The zero-order valence-corrected chi connectivity index (χ0v) is 11.9. The van der Waals surface area contributed by atoms with Crippen molar-refractivity contribution in [1.82, 2.24) is 5.32 Å². The van der Waals surface area contributed by atoms with E-state index in [-0.39, 0.29) is 18.1 Å². The van der Waals surface area contributed by atoms with Gasteiger partial charge in [0.05, 0.1) is 17.7 Å².